The van der Waals surface area contributed by atoms with Crippen LogP contribution in [0.2, 0.25) is 5.02 Å². The van der Waals surface area contributed by atoms with Gasteiger partial charge in [0, 0.05) is 17.6 Å². The number of benzene rings is 1. The molecule has 118 valence electrons. The average molecular weight is 333 g/mol. The van der Waals surface area contributed by atoms with Gasteiger partial charge in [0.05, 0.1) is 22.5 Å². The minimum absolute atomic E-state index is 0.00276. The Kier molecular flexibility index (Phi) is 3.57. The molecule has 0 spiro atoms. The minimum Gasteiger partial charge on any atom is -0.384 e. The smallest absolute Gasteiger partial charge is 0.262 e. The van der Waals surface area contributed by atoms with Crippen LogP contribution >= 0.6 is 11.6 Å². The summed E-state index contributed by atoms with van der Waals surface area (Å²) >= 11 is 6.02. The van der Waals surface area contributed by atoms with Gasteiger partial charge in [-0.3, -0.25) is 24.3 Å². The number of nitrogen functional groups attached to an aromatic ring is 1. The van der Waals surface area contributed by atoms with Gasteiger partial charge in [-0.25, -0.2) is 0 Å². The van der Waals surface area contributed by atoms with E-state index in [9.17, 15) is 14.4 Å². The molecule has 0 radical (unpaired) electrons. The molecule has 1 aromatic heterocycles. The van der Waals surface area contributed by atoms with Crippen molar-refractivity contribution in [1.29, 1.82) is 0 Å². The lowest BCUT2D eigenvalue weighted by Gasteiger charge is -2.16. The summed E-state index contributed by atoms with van der Waals surface area (Å²) in [6, 6.07) is 6.06. The molecule has 0 unspecified atom stereocenters. The fourth-order valence-corrected chi connectivity index (χ4v) is 2.72. The van der Waals surface area contributed by atoms with Gasteiger partial charge >= 0.3 is 0 Å². The molecule has 1 aromatic carbocycles. The van der Waals surface area contributed by atoms with Crippen molar-refractivity contribution in [3.63, 3.8) is 0 Å². The Bertz CT molecular complexity index is 904. The molecule has 1 aliphatic heterocycles. The molecule has 23 heavy (non-hydrogen) atoms. The van der Waals surface area contributed by atoms with Crippen LogP contribution in [0.5, 0.6) is 0 Å². The van der Waals surface area contributed by atoms with Crippen LogP contribution in [-0.2, 0) is 0 Å². The monoisotopic (exact) mass is 332 g/mol. The molecule has 2 heterocycles. The fourth-order valence-electron chi connectivity index (χ4n) is 2.56. The molecule has 7 nitrogen and oxygen atoms in total. The molecular weight excluding hydrogens is 320 g/mol. The van der Waals surface area contributed by atoms with Gasteiger partial charge in [-0.05, 0) is 25.1 Å². The van der Waals surface area contributed by atoms with Crippen molar-refractivity contribution < 1.29 is 9.59 Å². The minimum atomic E-state index is -0.626. The number of fused-ring (bicyclic) bond motifs is 1. The summed E-state index contributed by atoms with van der Waals surface area (Å²) in [7, 11) is 0. The van der Waals surface area contributed by atoms with Gasteiger partial charge < -0.3 is 11.1 Å². The summed E-state index contributed by atoms with van der Waals surface area (Å²) in [4.78, 5) is 36.0. The number of anilines is 2. The molecule has 0 atom stereocenters. The van der Waals surface area contributed by atoms with Gasteiger partial charge in [0.25, 0.3) is 17.4 Å². The standard InChI is InChI=1S/C15H13ClN4O3/c1-2-18-9-4-3-7(16)5-10(9)20-11(21)6-8-12(13(20)17)15(23)19-14(8)22/h3-6,18H,2,17H2,1H3,(H,19,22,23). The van der Waals surface area contributed by atoms with Crippen LogP contribution in [0, 0.1) is 0 Å². The lowest BCUT2D eigenvalue weighted by atomic mass is 10.1. The topological polar surface area (TPSA) is 106 Å². The Morgan fingerprint density at radius 2 is 1.96 bits per heavy atom. The zero-order valence-electron chi connectivity index (χ0n) is 12.1. The first-order valence-corrected chi connectivity index (χ1v) is 7.26. The van der Waals surface area contributed by atoms with Crippen molar-refractivity contribution in [2.45, 2.75) is 6.92 Å². The summed E-state index contributed by atoms with van der Waals surface area (Å²) in [5.41, 5.74) is 6.53. The summed E-state index contributed by atoms with van der Waals surface area (Å²) in [5.74, 6) is -1.35. The Balaban J connectivity index is 2.33. The normalized spacial score (nSPS) is 13.0. The van der Waals surface area contributed by atoms with Gasteiger partial charge in [0.2, 0.25) is 0 Å². The molecule has 2 aromatic rings. The first-order chi connectivity index (χ1) is 10.9. The summed E-state index contributed by atoms with van der Waals surface area (Å²) in [6.45, 7) is 2.52. The van der Waals surface area contributed by atoms with E-state index in [2.05, 4.69) is 10.6 Å². The van der Waals surface area contributed by atoms with Crippen molar-refractivity contribution in [2.24, 2.45) is 0 Å². The Morgan fingerprint density at radius 3 is 2.65 bits per heavy atom. The predicted molar refractivity (Wildman–Crippen MR) is 87.4 cm³/mol. The highest BCUT2D eigenvalue weighted by atomic mass is 35.5. The summed E-state index contributed by atoms with van der Waals surface area (Å²) in [5, 5.41) is 5.64. The zero-order valence-corrected chi connectivity index (χ0v) is 12.9. The Morgan fingerprint density at radius 1 is 1.22 bits per heavy atom. The van der Waals surface area contributed by atoms with Crippen LogP contribution in [0.3, 0.4) is 0 Å². The van der Waals surface area contributed by atoms with Gasteiger partial charge in [0.15, 0.2) is 0 Å². The third-order valence-corrected chi connectivity index (χ3v) is 3.76. The third-order valence-electron chi connectivity index (χ3n) is 3.52. The second-order valence-corrected chi connectivity index (χ2v) is 5.40. The van der Waals surface area contributed by atoms with Crippen molar-refractivity contribution in [2.75, 3.05) is 17.6 Å². The van der Waals surface area contributed by atoms with Crippen LogP contribution in [0.25, 0.3) is 5.69 Å². The lowest BCUT2D eigenvalue weighted by molar-refractivity contribution is 0.0880. The number of nitrogens with two attached hydrogens (primary N) is 1. The van der Waals surface area contributed by atoms with Gasteiger partial charge in [-0.2, -0.15) is 0 Å². The van der Waals surface area contributed by atoms with Gasteiger partial charge in [-0.15, -0.1) is 0 Å². The second-order valence-electron chi connectivity index (χ2n) is 4.97. The maximum atomic E-state index is 12.4. The Hall–Kier alpha value is -2.80. The molecule has 1 aliphatic rings. The summed E-state index contributed by atoms with van der Waals surface area (Å²) in [6.07, 6.45) is 0. The van der Waals surface area contributed by atoms with E-state index in [1.54, 1.807) is 18.2 Å². The van der Waals surface area contributed by atoms with Crippen LogP contribution in [0.1, 0.15) is 27.6 Å². The largest absolute Gasteiger partial charge is 0.384 e. The van der Waals surface area contributed by atoms with E-state index >= 15 is 0 Å². The number of halogens is 1. The van der Waals surface area contributed by atoms with E-state index in [4.69, 9.17) is 17.3 Å². The number of nitrogens with one attached hydrogen (secondary N) is 2. The Labute approximate surface area is 136 Å². The van der Waals surface area contributed by atoms with E-state index in [0.29, 0.717) is 22.9 Å². The number of carbonyl (C=O) groups is 2. The number of nitrogens with zero attached hydrogens (tertiary/aromatic N) is 1. The maximum Gasteiger partial charge on any atom is 0.262 e. The highest BCUT2D eigenvalue weighted by Gasteiger charge is 2.32. The number of carbonyl (C=O) groups excluding carboxylic acids is 2. The van der Waals surface area contributed by atoms with Gasteiger partial charge in [0.1, 0.15) is 5.82 Å². The second kappa shape index (κ2) is 5.44. The van der Waals surface area contributed by atoms with Crippen molar-refractivity contribution in [3.8, 4) is 5.69 Å². The quantitative estimate of drug-likeness (QED) is 0.736. The number of hydrogen-bond acceptors (Lipinski definition) is 5. The van der Waals surface area contributed by atoms with E-state index < -0.39 is 17.4 Å². The first-order valence-electron chi connectivity index (χ1n) is 6.89. The molecule has 0 aliphatic carbocycles. The predicted octanol–water partition coefficient (Wildman–Crippen LogP) is 1.39. The molecule has 8 heteroatoms. The van der Waals surface area contributed by atoms with E-state index in [-0.39, 0.29) is 16.9 Å². The maximum absolute atomic E-state index is 12.4. The van der Waals surface area contributed by atoms with Crippen LogP contribution in [-0.4, -0.2) is 22.9 Å². The molecule has 0 saturated heterocycles. The summed E-state index contributed by atoms with van der Waals surface area (Å²) < 4.78 is 1.17. The highest BCUT2D eigenvalue weighted by molar-refractivity contribution is 6.31. The number of hydrogen-bond donors (Lipinski definition) is 3. The fraction of sp³-hybridized carbons (Fsp3) is 0.133. The van der Waals surface area contributed by atoms with Gasteiger partial charge in [-0.1, -0.05) is 11.6 Å². The van der Waals surface area contributed by atoms with E-state index in [1.165, 1.54) is 4.57 Å². The molecule has 0 bridgehead atoms. The number of imide groups is 1. The molecule has 3 rings (SSSR count). The third kappa shape index (κ3) is 2.35. The van der Waals surface area contributed by atoms with Crippen molar-refractivity contribution in [3.05, 3.63) is 50.8 Å². The van der Waals surface area contributed by atoms with Crippen molar-refractivity contribution >= 4 is 34.9 Å². The van der Waals surface area contributed by atoms with Crippen LogP contribution < -0.4 is 21.9 Å². The highest BCUT2D eigenvalue weighted by Crippen LogP contribution is 2.28. The van der Waals surface area contributed by atoms with E-state index in [0.717, 1.165) is 6.07 Å². The number of aromatic nitrogens is 1. The lowest BCUT2D eigenvalue weighted by Crippen LogP contribution is -2.25. The molecule has 0 fully saturated rings. The van der Waals surface area contributed by atoms with E-state index in [1.807, 2.05) is 6.92 Å². The molecule has 2 amide bonds. The SMILES string of the molecule is CCNc1ccc(Cl)cc1-n1c(N)c2c(cc1=O)C(=O)NC2=O. The number of rotatable bonds is 3. The molecule has 0 saturated carbocycles. The van der Waals surface area contributed by atoms with Crippen LogP contribution in [0.4, 0.5) is 11.5 Å². The average Bonchev–Trinajstić information content (AvgIpc) is 2.76. The number of pyridine rings is 1. The molecule has 4 N–H and O–H groups in total. The van der Waals surface area contributed by atoms with Crippen molar-refractivity contribution in [1.82, 2.24) is 9.88 Å². The van der Waals surface area contributed by atoms with Crippen LogP contribution in [0.15, 0.2) is 29.1 Å². The first kappa shape index (κ1) is 15.1. The number of amides is 2. The molecular formula is C15H13ClN4O3. The zero-order chi connectivity index (χ0) is 16.7.